The van der Waals surface area contributed by atoms with Crippen molar-refractivity contribution in [3.63, 3.8) is 0 Å². The Kier molecular flexibility index (Phi) is 7.47. The van der Waals surface area contributed by atoms with Crippen molar-refractivity contribution >= 4 is 27.6 Å². The van der Waals surface area contributed by atoms with Crippen molar-refractivity contribution in [2.75, 3.05) is 13.2 Å². The van der Waals surface area contributed by atoms with Crippen molar-refractivity contribution in [2.24, 2.45) is 5.11 Å². The molecule has 1 aromatic rings. The fraction of sp³-hybridized carbons (Fsp3) is 0.500. The molecule has 0 aliphatic rings. The third kappa shape index (κ3) is 6.43. The molecule has 0 unspecified atom stereocenters. The number of nitro benzene ring substituents is 1. The van der Waals surface area contributed by atoms with Crippen LogP contribution in [-0.4, -0.2) is 28.4 Å². The Morgan fingerprint density at radius 3 is 2.75 bits per heavy atom. The first kappa shape index (κ1) is 19.7. The van der Waals surface area contributed by atoms with Crippen molar-refractivity contribution in [1.82, 2.24) is 0 Å². The van der Waals surface area contributed by atoms with Gasteiger partial charge in [-0.05, 0) is 38.3 Å². The highest BCUT2D eigenvalue weighted by molar-refractivity contribution is 9.10. The summed E-state index contributed by atoms with van der Waals surface area (Å²) in [6.45, 7) is 3.87. The van der Waals surface area contributed by atoms with Crippen LogP contribution >= 0.6 is 15.9 Å². The van der Waals surface area contributed by atoms with Crippen LogP contribution in [0.25, 0.3) is 10.4 Å². The number of benzene rings is 1. The van der Waals surface area contributed by atoms with Gasteiger partial charge in [-0.3, -0.25) is 14.9 Å². The Labute approximate surface area is 146 Å². The number of rotatable bonds is 9. The largest absolute Gasteiger partial charge is 0.493 e. The molecule has 9 nitrogen and oxygen atoms in total. The van der Waals surface area contributed by atoms with Gasteiger partial charge in [0, 0.05) is 23.6 Å². The average Bonchev–Trinajstić information content (AvgIpc) is 2.49. The molecule has 0 N–H and O–H groups in total. The zero-order valence-electron chi connectivity index (χ0n) is 13.3. The first-order chi connectivity index (χ1) is 11.3. The van der Waals surface area contributed by atoms with Crippen LogP contribution in [0.1, 0.15) is 26.7 Å². The number of carbonyl (C=O) groups excluding carboxylic acids is 1. The molecule has 0 spiro atoms. The minimum atomic E-state index is -0.973. The molecule has 1 aromatic carbocycles. The summed E-state index contributed by atoms with van der Waals surface area (Å²) in [5.41, 5.74) is 7.84. The number of nitro groups is 1. The summed E-state index contributed by atoms with van der Waals surface area (Å²) in [5, 5.41) is 14.5. The molecule has 0 aromatic heterocycles. The lowest BCUT2D eigenvalue weighted by atomic mass is 10.2. The summed E-state index contributed by atoms with van der Waals surface area (Å²) in [6.07, 6.45) is 1.32. The van der Waals surface area contributed by atoms with E-state index in [1.54, 1.807) is 13.8 Å². The number of esters is 1. The van der Waals surface area contributed by atoms with E-state index >= 15 is 0 Å². The van der Waals surface area contributed by atoms with Crippen LogP contribution in [0.5, 0.6) is 11.5 Å². The Bertz CT molecular complexity index is 653. The van der Waals surface area contributed by atoms with E-state index in [4.69, 9.17) is 15.0 Å². The fourth-order valence-corrected chi connectivity index (χ4v) is 1.64. The van der Waals surface area contributed by atoms with Crippen molar-refractivity contribution < 1.29 is 19.2 Å². The first-order valence-corrected chi connectivity index (χ1v) is 7.88. The summed E-state index contributed by atoms with van der Waals surface area (Å²) >= 11 is 3.14. The Balaban J connectivity index is 2.79. The van der Waals surface area contributed by atoms with Gasteiger partial charge in [0.2, 0.25) is 5.75 Å². The maximum Gasteiger partial charge on any atom is 0.327 e. The summed E-state index contributed by atoms with van der Waals surface area (Å²) in [5.74, 6) is -0.485. The molecule has 0 radical (unpaired) electrons. The first-order valence-electron chi connectivity index (χ1n) is 7.09. The molecule has 0 bridgehead atoms. The second kappa shape index (κ2) is 9.09. The van der Waals surface area contributed by atoms with E-state index in [0.717, 1.165) is 0 Å². The Morgan fingerprint density at radius 1 is 1.46 bits per heavy atom. The van der Waals surface area contributed by atoms with Crippen molar-refractivity contribution in [2.45, 2.75) is 31.0 Å². The van der Waals surface area contributed by atoms with Crippen LogP contribution in [0.3, 0.4) is 0 Å². The topological polar surface area (TPSA) is 127 Å². The van der Waals surface area contributed by atoms with Crippen LogP contribution in [0.15, 0.2) is 23.3 Å². The molecular formula is C14H17BrN4O5. The van der Waals surface area contributed by atoms with Gasteiger partial charge in [-0.1, -0.05) is 21.0 Å². The number of hydrogen-bond acceptors (Lipinski definition) is 6. The lowest BCUT2D eigenvalue weighted by molar-refractivity contribution is -0.385. The molecule has 0 saturated heterocycles. The number of nitrogens with zero attached hydrogens (tertiary/aromatic N) is 4. The zero-order chi connectivity index (χ0) is 18.2. The molecule has 0 atom stereocenters. The van der Waals surface area contributed by atoms with Gasteiger partial charge in [-0.25, -0.2) is 0 Å². The minimum Gasteiger partial charge on any atom is -0.493 e. The van der Waals surface area contributed by atoms with E-state index in [1.165, 1.54) is 18.2 Å². The van der Waals surface area contributed by atoms with E-state index in [-0.39, 0.29) is 11.4 Å². The van der Waals surface area contributed by atoms with Crippen molar-refractivity contribution in [3.8, 4) is 11.5 Å². The summed E-state index contributed by atoms with van der Waals surface area (Å²) in [6, 6.07) is 3.96. The molecule has 0 saturated carbocycles. The number of alkyl halides is 1. The Hall–Kier alpha value is -2.32. The molecule has 0 aliphatic heterocycles. The van der Waals surface area contributed by atoms with E-state index in [2.05, 4.69) is 26.0 Å². The lowest BCUT2D eigenvalue weighted by Gasteiger charge is -2.15. The molecule has 130 valence electrons. The van der Waals surface area contributed by atoms with Gasteiger partial charge >= 0.3 is 11.7 Å². The van der Waals surface area contributed by atoms with E-state index in [0.29, 0.717) is 31.7 Å². The quantitative estimate of drug-likeness (QED) is 0.0707. The fourth-order valence-electron chi connectivity index (χ4n) is 1.56. The van der Waals surface area contributed by atoms with Gasteiger partial charge in [0.25, 0.3) is 0 Å². The maximum atomic E-state index is 11.9. The smallest absolute Gasteiger partial charge is 0.327 e. The number of hydrogen-bond donors (Lipinski definition) is 0. The van der Waals surface area contributed by atoms with Gasteiger partial charge < -0.3 is 9.47 Å². The SMILES string of the molecule is CC(C)(Br)C(=O)Oc1cc(OCCCCN=[N+]=[N-])ccc1[N+](=O)[O-]. The molecular weight excluding hydrogens is 384 g/mol. The molecule has 1 rings (SSSR count). The van der Waals surface area contributed by atoms with Crippen molar-refractivity contribution in [1.29, 1.82) is 0 Å². The monoisotopic (exact) mass is 400 g/mol. The van der Waals surface area contributed by atoms with Crippen LogP contribution < -0.4 is 9.47 Å². The highest BCUT2D eigenvalue weighted by Gasteiger charge is 2.29. The summed E-state index contributed by atoms with van der Waals surface area (Å²) < 4.78 is 9.60. The summed E-state index contributed by atoms with van der Waals surface area (Å²) in [4.78, 5) is 25.0. The standard InChI is InChI=1S/C14H17BrN4O5/c1-14(2,15)13(20)24-12-9-10(5-6-11(12)19(21)22)23-8-4-3-7-17-18-16/h5-6,9H,3-4,7-8H2,1-2H3. The van der Waals surface area contributed by atoms with Crippen LogP contribution in [0.4, 0.5) is 5.69 Å². The minimum absolute atomic E-state index is 0.177. The predicted octanol–water partition coefficient (Wildman–Crippen LogP) is 4.14. The van der Waals surface area contributed by atoms with Gasteiger partial charge in [0.15, 0.2) is 0 Å². The Morgan fingerprint density at radius 2 is 2.17 bits per heavy atom. The van der Waals surface area contributed by atoms with Crippen molar-refractivity contribution in [3.05, 3.63) is 38.8 Å². The predicted molar refractivity (Wildman–Crippen MR) is 90.5 cm³/mol. The van der Waals surface area contributed by atoms with Crippen LogP contribution in [0, 0.1) is 10.1 Å². The van der Waals surface area contributed by atoms with E-state index in [9.17, 15) is 14.9 Å². The molecule has 0 amide bonds. The van der Waals surface area contributed by atoms with Gasteiger partial charge in [0.1, 0.15) is 10.1 Å². The summed E-state index contributed by atoms with van der Waals surface area (Å²) in [7, 11) is 0. The normalized spacial score (nSPS) is 10.6. The third-order valence-corrected chi connectivity index (χ3v) is 3.12. The van der Waals surface area contributed by atoms with Gasteiger partial charge in [0.05, 0.1) is 11.5 Å². The zero-order valence-corrected chi connectivity index (χ0v) is 14.9. The lowest BCUT2D eigenvalue weighted by Crippen LogP contribution is -2.29. The molecule has 0 aliphatic carbocycles. The van der Waals surface area contributed by atoms with E-state index in [1.807, 2.05) is 0 Å². The van der Waals surface area contributed by atoms with Crippen LogP contribution in [0.2, 0.25) is 0 Å². The average molecular weight is 401 g/mol. The van der Waals surface area contributed by atoms with Gasteiger partial charge in [-0.2, -0.15) is 0 Å². The number of azide groups is 1. The number of ether oxygens (including phenoxy) is 2. The number of carbonyl (C=O) groups is 1. The van der Waals surface area contributed by atoms with Crippen LogP contribution in [-0.2, 0) is 4.79 Å². The highest BCUT2D eigenvalue weighted by Crippen LogP contribution is 2.33. The molecule has 10 heteroatoms. The maximum absolute atomic E-state index is 11.9. The second-order valence-electron chi connectivity index (χ2n) is 5.26. The number of unbranched alkanes of at least 4 members (excludes halogenated alkanes) is 1. The molecule has 24 heavy (non-hydrogen) atoms. The number of halogens is 1. The highest BCUT2D eigenvalue weighted by atomic mass is 79.9. The third-order valence-electron chi connectivity index (χ3n) is 2.80. The van der Waals surface area contributed by atoms with E-state index < -0.39 is 15.2 Å². The van der Waals surface area contributed by atoms with Gasteiger partial charge in [-0.15, -0.1) is 0 Å². The molecule has 0 fully saturated rings. The second-order valence-corrected chi connectivity index (χ2v) is 7.24. The molecule has 0 heterocycles.